The number of aromatic nitrogens is 8. The van der Waals surface area contributed by atoms with Gasteiger partial charge in [0, 0.05) is 168 Å². The van der Waals surface area contributed by atoms with Crippen LogP contribution >= 0.6 is 0 Å². The molecule has 8 aromatic heterocycles. The van der Waals surface area contributed by atoms with Crippen molar-refractivity contribution in [3.05, 3.63) is 237 Å². The Balaban J connectivity index is 0.000000127. The molecule has 560 valence electrons. The third-order valence-electron chi connectivity index (χ3n) is 21.6. The third kappa shape index (κ3) is 15.8. The van der Waals surface area contributed by atoms with Gasteiger partial charge >= 0.3 is 23.9 Å². The van der Waals surface area contributed by atoms with Crippen molar-refractivity contribution in [2.45, 2.75) is 132 Å². The largest absolute Gasteiger partial charge is 0.481 e. The number of para-hydroxylation sites is 3. The second-order valence-corrected chi connectivity index (χ2v) is 34.6. The van der Waals surface area contributed by atoms with Crippen LogP contribution in [0.3, 0.4) is 0 Å². The number of nitrogens with zero attached hydrogens (tertiary/aromatic N) is 8. The molecular weight excluding hydrogens is 1430 g/mol. The molecule has 4 atom stereocenters. The number of pyridine rings is 4. The van der Waals surface area contributed by atoms with E-state index >= 15 is 0 Å². The number of fused-ring (bicyclic) bond motifs is 12. The number of aryl methyl sites for hydroxylation is 2. The van der Waals surface area contributed by atoms with Crippen LogP contribution in [0.4, 0.5) is 0 Å². The summed E-state index contributed by atoms with van der Waals surface area (Å²) in [6.45, 7) is 5.94. The van der Waals surface area contributed by atoms with E-state index in [4.69, 9.17) is 4.74 Å². The van der Waals surface area contributed by atoms with Crippen LogP contribution < -0.4 is 4.74 Å². The van der Waals surface area contributed by atoms with Gasteiger partial charge in [-0.1, -0.05) is 66.7 Å². The van der Waals surface area contributed by atoms with Crippen LogP contribution in [0.5, 0.6) is 5.88 Å². The van der Waals surface area contributed by atoms with Crippen molar-refractivity contribution in [2.24, 2.45) is 23.7 Å². The number of methoxy groups -OCH3 is 1. The van der Waals surface area contributed by atoms with Gasteiger partial charge in [-0.2, -0.15) is 0 Å². The number of carbonyl (C=O) groups is 4. The summed E-state index contributed by atoms with van der Waals surface area (Å²) in [5, 5.41) is 42.2. The minimum atomic E-state index is -3.32. The maximum atomic E-state index is 11.8. The fourth-order valence-electron chi connectivity index (χ4n) is 15.8. The highest BCUT2D eigenvalue weighted by Crippen LogP contribution is 2.39. The summed E-state index contributed by atoms with van der Waals surface area (Å²) in [7, 11) is -8.20. The number of sulfone groups is 3. The maximum absolute atomic E-state index is 11.8. The lowest BCUT2D eigenvalue weighted by molar-refractivity contribution is -0.143. The van der Waals surface area contributed by atoms with Gasteiger partial charge in [0.2, 0.25) is 5.88 Å². The van der Waals surface area contributed by atoms with Crippen molar-refractivity contribution in [3.63, 3.8) is 0 Å². The second kappa shape index (κ2) is 30.8. The summed E-state index contributed by atoms with van der Waals surface area (Å²) < 4.78 is 83.8. The summed E-state index contributed by atoms with van der Waals surface area (Å²) >= 11 is 0. The Bertz CT molecular complexity index is 5700. The predicted molar refractivity (Wildman–Crippen MR) is 409 cm³/mol. The Morgan fingerprint density at radius 3 is 1.30 bits per heavy atom. The first kappa shape index (κ1) is 75.4. The Kier molecular flexibility index (Phi) is 21.5. The molecule has 26 heteroatoms. The number of carboxylic acids is 4. The van der Waals surface area contributed by atoms with Gasteiger partial charge in [0.05, 0.1) is 40.6 Å². The number of ether oxygens (including phenoxy) is 1. The molecule has 0 fully saturated rings. The van der Waals surface area contributed by atoms with E-state index in [2.05, 4.69) is 64.8 Å². The fourth-order valence-corrected chi connectivity index (χ4v) is 17.6. The fraction of sp³-hybridized carbons (Fsp3) is 0.317. The van der Waals surface area contributed by atoms with Crippen molar-refractivity contribution < 1.29 is 69.6 Å². The van der Waals surface area contributed by atoms with E-state index < -0.39 is 59.3 Å². The lowest BCUT2D eigenvalue weighted by Crippen LogP contribution is -2.26. The van der Waals surface area contributed by atoms with Crippen molar-refractivity contribution in [1.29, 1.82) is 0 Å². The molecule has 4 N–H and O–H groups in total. The quantitative estimate of drug-likeness (QED) is 0.0698. The molecule has 108 heavy (non-hydrogen) atoms. The average molecular weight is 1520 g/mol. The SMILES string of the molecule is COc1cc(C)c(Cc2c3n(c4ccccc24)CC(C(=O)O)CC3)cn1.CS(=O)(=O)c1ccc(Cc2c3n(c4ccccc24)CC(C(=O)O)CC3)cn1.CS(=O)(=O)c1ccc(Cc2c3n(c4ccccc24)CC(C(=O)O)CC3)nc1.Cc1cc(S(C)(=O)=O)ccc1Cc1c2n(c3ncccc13)CC(C(=O)O)CC2. The van der Waals surface area contributed by atoms with Gasteiger partial charge in [-0.05, 0) is 176 Å². The van der Waals surface area contributed by atoms with E-state index in [9.17, 15) is 64.9 Å². The molecular formula is C82H84N8O15S3. The zero-order valence-corrected chi connectivity index (χ0v) is 63.2. The summed E-state index contributed by atoms with van der Waals surface area (Å²) in [5.41, 5.74) is 19.6. The summed E-state index contributed by atoms with van der Waals surface area (Å²) in [5.74, 6) is -3.78. The summed E-state index contributed by atoms with van der Waals surface area (Å²) in [6.07, 6.45) is 18.3. The third-order valence-corrected chi connectivity index (χ3v) is 24.8. The number of hydrogen-bond acceptors (Lipinski definition) is 15. The average Bonchev–Trinajstić information content (AvgIpc) is 1.62. The van der Waals surface area contributed by atoms with E-state index in [1.807, 2.05) is 90.5 Å². The number of benzene rings is 4. The van der Waals surface area contributed by atoms with E-state index in [0.717, 1.165) is 114 Å². The Morgan fingerprint density at radius 2 is 0.861 bits per heavy atom. The topological polar surface area (TPSA) is 332 Å². The molecule has 12 aromatic rings. The second-order valence-electron chi connectivity index (χ2n) is 28.6. The molecule has 12 heterocycles. The monoisotopic (exact) mass is 1520 g/mol. The number of hydrogen-bond donors (Lipinski definition) is 4. The van der Waals surface area contributed by atoms with E-state index in [0.29, 0.717) is 94.7 Å². The van der Waals surface area contributed by atoms with Gasteiger partial charge in [0.25, 0.3) is 0 Å². The molecule has 0 radical (unpaired) electrons. The zero-order valence-electron chi connectivity index (χ0n) is 60.7. The first-order valence-corrected chi connectivity index (χ1v) is 41.4. The summed E-state index contributed by atoms with van der Waals surface area (Å²) in [4.78, 5) is 63.6. The first-order valence-electron chi connectivity index (χ1n) is 35.7. The molecule has 16 rings (SSSR count). The van der Waals surface area contributed by atoms with Gasteiger partial charge in [-0.15, -0.1) is 0 Å². The van der Waals surface area contributed by atoms with Crippen LogP contribution in [0.25, 0.3) is 43.7 Å². The van der Waals surface area contributed by atoms with E-state index in [-0.39, 0.29) is 27.7 Å². The molecule has 4 aliphatic rings. The Morgan fingerprint density at radius 1 is 0.426 bits per heavy atom. The molecule has 0 bridgehead atoms. The number of carboxylic acid groups (broad SMARTS) is 4. The van der Waals surface area contributed by atoms with Crippen LogP contribution in [0, 0.1) is 37.5 Å². The van der Waals surface area contributed by atoms with Gasteiger partial charge in [-0.3, -0.25) is 24.2 Å². The molecule has 0 saturated carbocycles. The molecule has 4 unspecified atom stereocenters. The molecule has 0 spiro atoms. The first-order chi connectivity index (χ1) is 51.5. The van der Waals surface area contributed by atoms with Crippen LogP contribution in [-0.2, 0) is 126 Å². The van der Waals surface area contributed by atoms with Crippen LogP contribution in [-0.4, -0.2) is 134 Å². The smallest absolute Gasteiger partial charge is 0.308 e. The van der Waals surface area contributed by atoms with Gasteiger partial charge < -0.3 is 43.4 Å². The van der Waals surface area contributed by atoms with Gasteiger partial charge in [0.15, 0.2) is 34.5 Å². The molecule has 0 aliphatic carbocycles. The Hall–Kier alpha value is -10.8. The number of aliphatic carboxylic acids is 4. The summed E-state index contributed by atoms with van der Waals surface area (Å²) in [6, 6.07) is 42.1. The highest BCUT2D eigenvalue weighted by molar-refractivity contribution is 7.91. The van der Waals surface area contributed by atoms with Crippen LogP contribution in [0.15, 0.2) is 173 Å². The zero-order chi connectivity index (χ0) is 76.7. The number of rotatable bonds is 16. The van der Waals surface area contributed by atoms with Crippen molar-refractivity contribution >= 4 is 97.1 Å². The van der Waals surface area contributed by atoms with Gasteiger partial charge in [0.1, 0.15) is 5.65 Å². The molecule has 0 saturated heterocycles. The van der Waals surface area contributed by atoms with Crippen LogP contribution in [0.2, 0.25) is 0 Å². The predicted octanol–water partition coefficient (Wildman–Crippen LogP) is 11.9. The maximum Gasteiger partial charge on any atom is 0.308 e. The van der Waals surface area contributed by atoms with Crippen LogP contribution in [0.1, 0.15) is 104 Å². The minimum Gasteiger partial charge on any atom is -0.481 e. The highest BCUT2D eigenvalue weighted by Gasteiger charge is 2.34. The minimum absolute atomic E-state index is 0.0688. The molecule has 4 aliphatic heterocycles. The lowest BCUT2D eigenvalue weighted by Gasteiger charge is -2.23. The van der Waals surface area contributed by atoms with Crippen molar-refractivity contribution in [2.75, 3.05) is 25.9 Å². The highest BCUT2D eigenvalue weighted by atomic mass is 32.2. The lowest BCUT2D eigenvalue weighted by atomic mass is 9.93. The van der Waals surface area contributed by atoms with E-state index in [1.165, 1.54) is 58.2 Å². The Labute approximate surface area is 625 Å². The van der Waals surface area contributed by atoms with Gasteiger partial charge in [-0.25, -0.2) is 40.2 Å². The molecule has 23 nitrogen and oxygen atoms in total. The van der Waals surface area contributed by atoms with Crippen molar-refractivity contribution in [1.82, 2.24) is 38.2 Å². The normalized spacial score (nSPS) is 16.8. The standard InChI is InChI=1S/C21H22N2O4S.C21H22N2O3.2C20H20N2O4S/c1-13-10-16(28(2,26)27)7-5-14(13)11-18-17-4-3-9-22-20(17)23-12-15(21(24)25)6-8-19(18)23;1-13-9-20(26-2)22-11-15(13)10-17-16-5-3-4-6-18(16)23-12-14(21(24)25)7-8-19(17)23;1-27(25,26)15-8-7-14(21-11-15)10-17-16-4-2-3-5-18(16)22-12-13(20(23)24)6-9-19(17)22;1-27(25,26)19-9-6-13(11-21-19)10-16-15-4-2-3-5-17(15)22-12-14(20(23)24)7-8-18(16)22/h3-5,7,9-10,15H,6,8,11-12H2,1-2H3,(H,24,25);3-6,9,11,14H,7-8,10,12H2,1-2H3,(H,24,25);2-5,7-8,11,13H,6,9-10,12H2,1H3,(H,23,24);2-6,9,11,14H,7-8,10,12H2,1H3,(H,23,24). The van der Waals surface area contributed by atoms with E-state index in [1.54, 1.807) is 49.8 Å². The van der Waals surface area contributed by atoms with Crippen molar-refractivity contribution in [3.8, 4) is 5.88 Å². The molecule has 4 aromatic carbocycles. The molecule has 0 amide bonds.